The second-order valence-electron chi connectivity index (χ2n) is 4.86. The van der Waals surface area contributed by atoms with E-state index in [4.69, 9.17) is 10.5 Å². The van der Waals surface area contributed by atoms with Gasteiger partial charge in [-0.3, -0.25) is 4.79 Å². The zero-order valence-corrected chi connectivity index (χ0v) is 11.6. The van der Waals surface area contributed by atoms with Crippen LogP contribution in [0.3, 0.4) is 0 Å². The number of carbonyl (C=O) groups is 3. The molecule has 8 nitrogen and oxygen atoms in total. The van der Waals surface area contributed by atoms with E-state index in [1.165, 1.54) is 4.90 Å². The second-order valence-corrected chi connectivity index (χ2v) is 4.86. The summed E-state index contributed by atoms with van der Waals surface area (Å²) in [6.07, 6.45) is 1.75. The van der Waals surface area contributed by atoms with Gasteiger partial charge in [0, 0.05) is 19.6 Å². The molecule has 0 bridgehead atoms. The highest BCUT2D eigenvalue weighted by atomic mass is 16.5. The normalized spacial score (nSPS) is 21.4. The van der Waals surface area contributed by atoms with Crippen LogP contribution in [0.15, 0.2) is 0 Å². The van der Waals surface area contributed by atoms with Crippen LogP contribution in [-0.2, 0) is 14.3 Å². The summed E-state index contributed by atoms with van der Waals surface area (Å²) in [4.78, 5) is 35.7. The Bertz CT molecular complexity index is 379. The Morgan fingerprint density at radius 2 is 2.15 bits per heavy atom. The number of amides is 3. The zero-order valence-electron chi connectivity index (χ0n) is 11.6. The van der Waals surface area contributed by atoms with Crippen molar-refractivity contribution in [2.45, 2.75) is 31.7 Å². The van der Waals surface area contributed by atoms with E-state index in [-0.39, 0.29) is 26.2 Å². The van der Waals surface area contributed by atoms with Gasteiger partial charge in [-0.15, -0.1) is 0 Å². The molecule has 4 N–H and O–H groups in total. The van der Waals surface area contributed by atoms with Crippen molar-refractivity contribution in [1.82, 2.24) is 10.2 Å². The topological polar surface area (TPSA) is 122 Å². The first-order valence-corrected chi connectivity index (χ1v) is 6.58. The molecule has 1 aliphatic rings. The van der Waals surface area contributed by atoms with Gasteiger partial charge in [0.1, 0.15) is 6.54 Å². The number of rotatable bonds is 7. The van der Waals surface area contributed by atoms with Crippen LogP contribution in [0.1, 0.15) is 26.2 Å². The standard InChI is InChI=1S/C12H21N3O5/c1-2-3-5-15(7-9(13)16)11(19)14-12(10(17)18)4-6-20-8-12/h2-8H2,1H3,(H2,13,16)(H,14,19)(H,17,18). The number of aliphatic carboxylic acids is 1. The van der Waals surface area contributed by atoms with Gasteiger partial charge in [-0.1, -0.05) is 13.3 Å². The molecule has 0 saturated carbocycles. The van der Waals surface area contributed by atoms with Crippen LogP contribution in [0.2, 0.25) is 0 Å². The smallest absolute Gasteiger partial charge is 0.332 e. The van der Waals surface area contributed by atoms with Crippen molar-refractivity contribution in [2.24, 2.45) is 5.73 Å². The van der Waals surface area contributed by atoms with Gasteiger partial charge in [0.25, 0.3) is 0 Å². The van der Waals surface area contributed by atoms with Gasteiger partial charge in [0.15, 0.2) is 5.54 Å². The van der Waals surface area contributed by atoms with E-state index in [0.29, 0.717) is 13.0 Å². The third kappa shape index (κ3) is 4.09. The van der Waals surface area contributed by atoms with Crippen LogP contribution in [0, 0.1) is 0 Å². The van der Waals surface area contributed by atoms with E-state index in [1.807, 2.05) is 6.92 Å². The van der Waals surface area contributed by atoms with Gasteiger partial charge in [-0.25, -0.2) is 9.59 Å². The molecule has 20 heavy (non-hydrogen) atoms. The Kier molecular flexibility index (Phi) is 5.75. The van der Waals surface area contributed by atoms with Gasteiger partial charge >= 0.3 is 12.0 Å². The van der Waals surface area contributed by atoms with Crippen LogP contribution in [0.4, 0.5) is 4.79 Å². The molecule has 0 aromatic heterocycles. The first-order chi connectivity index (χ1) is 9.41. The number of carboxylic acid groups (broad SMARTS) is 1. The van der Waals surface area contributed by atoms with E-state index in [1.54, 1.807) is 0 Å². The molecule has 0 aliphatic carbocycles. The summed E-state index contributed by atoms with van der Waals surface area (Å²) < 4.78 is 5.06. The maximum Gasteiger partial charge on any atom is 0.332 e. The summed E-state index contributed by atoms with van der Waals surface area (Å²) in [6.45, 7) is 2.26. The fourth-order valence-corrected chi connectivity index (χ4v) is 1.96. The molecule has 1 rings (SSSR count). The van der Waals surface area contributed by atoms with Crippen LogP contribution < -0.4 is 11.1 Å². The number of nitrogens with two attached hydrogens (primary N) is 1. The number of nitrogens with zero attached hydrogens (tertiary/aromatic N) is 1. The molecule has 0 aromatic carbocycles. The van der Waals surface area contributed by atoms with E-state index in [0.717, 1.165) is 6.42 Å². The van der Waals surface area contributed by atoms with Crippen LogP contribution in [0.25, 0.3) is 0 Å². The molecule has 1 atom stereocenters. The number of hydrogen-bond acceptors (Lipinski definition) is 4. The Labute approximate surface area is 117 Å². The number of primary amides is 1. The van der Waals surface area contributed by atoms with Crippen molar-refractivity contribution in [2.75, 3.05) is 26.3 Å². The summed E-state index contributed by atoms with van der Waals surface area (Å²) in [7, 11) is 0. The average Bonchev–Trinajstić information content (AvgIpc) is 2.83. The first kappa shape index (κ1) is 16.2. The lowest BCUT2D eigenvalue weighted by molar-refractivity contribution is -0.144. The summed E-state index contributed by atoms with van der Waals surface area (Å²) in [5.41, 5.74) is 3.68. The minimum absolute atomic E-state index is 0.0771. The highest BCUT2D eigenvalue weighted by molar-refractivity contribution is 5.88. The summed E-state index contributed by atoms with van der Waals surface area (Å²) in [5, 5.41) is 11.7. The van der Waals surface area contributed by atoms with Gasteiger partial charge in [-0.2, -0.15) is 0 Å². The molecule has 1 fully saturated rings. The lowest BCUT2D eigenvalue weighted by atomic mass is 9.99. The maximum atomic E-state index is 12.1. The minimum Gasteiger partial charge on any atom is -0.479 e. The molecular formula is C12H21N3O5. The van der Waals surface area contributed by atoms with Crippen molar-refractivity contribution in [3.63, 3.8) is 0 Å². The highest BCUT2D eigenvalue weighted by Crippen LogP contribution is 2.19. The fraction of sp³-hybridized carbons (Fsp3) is 0.750. The summed E-state index contributed by atoms with van der Waals surface area (Å²) in [5.74, 6) is -1.78. The Morgan fingerprint density at radius 1 is 1.45 bits per heavy atom. The molecular weight excluding hydrogens is 266 g/mol. The van der Waals surface area contributed by atoms with Crippen molar-refractivity contribution in [3.05, 3.63) is 0 Å². The van der Waals surface area contributed by atoms with Gasteiger partial charge in [-0.05, 0) is 6.42 Å². The molecule has 114 valence electrons. The molecule has 3 amide bonds. The third-order valence-electron chi connectivity index (χ3n) is 3.19. The molecule has 0 aromatic rings. The molecule has 1 unspecified atom stereocenters. The number of carbonyl (C=O) groups excluding carboxylic acids is 2. The van der Waals surface area contributed by atoms with Gasteiger partial charge in [0.2, 0.25) is 5.91 Å². The number of carboxylic acids is 1. The predicted octanol–water partition coefficient (Wildman–Crippen LogP) is -0.473. The van der Waals surface area contributed by atoms with E-state index in [2.05, 4.69) is 5.32 Å². The number of urea groups is 1. The SMILES string of the molecule is CCCCN(CC(N)=O)C(=O)NC1(C(=O)O)CCOC1. The Morgan fingerprint density at radius 3 is 2.60 bits per heavy atom. The predicted molar refractivity (Wildman–Crippen MR) is 70.0 cm³/mol. The summed E-state index contributed by atoms with van der Waals surface area (Å²) >= 11 is 0. The monoisotopic (exact) mass is 287 g/mol. The summed E-state index contributed by atoms with van der Waals surface area (Å²) in [6, 6.07) is -0.606. The van der Waals surface area contributed by atoms with Crippen molar-refractivity contribution in [3.8, 4) is 0 Å². The second kappa shape index (κ2) is 7.09. The number of unbranched alkanes of at least 4 members (excludes halogenated alkanes) is 1. The number of nitrogens with one attached hydrogen (secondary N) is 1. The molecule has 0 radical (unpaired) electrons. The average molecular weight is 287 g/mol. The lowest BCUT2D eigenvalue weighted by Gasteiger charge is -2.28. The van der Waals surface area contributed by atoms with E-state index in [9.17, 15) is 19.5 Å². The van der Waals surface area contributed by atoms with Crippen molar-refractivity contribution in [1.29, 1.82) is 0 Å². The molecule has 1 aliphatic heterocycles. The van der Waals surface area contributed by atoms with Crippen molar-refractivity contribution < 1.29 is 24.2 Å². The molecule has 0 spiro atoms. The largest absolute Gasteiger partial charge is 0.479 e. The fourth-order valence-electron chi connectivity index (χ4n) is 1.96. The first-order valence-electron chi connectivity index (χ1n) is 6.58. The van der Waals surface area contributed by atoms with Crippen LogP contribution in [0.5, 0.6) is 0 Å². The van der Waals surface area contributed by atoms with Crippen molar-refractivity contribution >= 4 is 17.9 Å². The van der Waals surface area contributed by atoms with Crippen LogP contribution in [-0.4, -0.2) is 59.8 Å². The number of hydrogen-bond donors (Lipinski definition) is 3. The quantitative estimate of drug-likeness (QED) is 0.584. The molecule has 1 heterocycles. The lowest BCUT2D eigenvalue weighted by Crippen LogP contribution is -2.59. The van der Waals surface area contributed by atoms with E-state index >= 15 is 0 Å². The highest BCUT2D eigenvalue weighted by Gasteiger charge is 2.44. The maximum absolute atomic E-state index is 12.1. The third-order valence-corrected chi connectivity index (χ3v) is 3.19. The van der Waals surface area contributed by atoms with Gasteiger partial charge in [0.05, 0.1) is 6.61 Å². The molecule has 8 heteroatoms. The Balaban J connectivity index is 2.72. The molecule has 1 saturated heterocycles. The van der Waals surface area contributed by atoms with Crippen LogP contribution >= 0.6 is 0 Å². The van der Waals surface area contributed by atoms with Gasteiger partial charge < -0.3 is 25.8 Å². The minimum atomic E-state index is -1.42. The Hall–Kier alpha value is -1.83. The zero-order chi connectivity index (χ0) is 15.2. The number of ether oxygens (including phenoxy) is 1. The van der Waals surface area contributed by atoms with E-state index < -0.39 is 23.4 Å².